The van der Waals surface area contributed by atoms with Crippen molar-refractivity contribution in [2.75, 3.05) is 13.6 Å². The molecule has 8 nitrogen and oxygen atoms in total. The molecular formula is C23H33N5O3. The van der Waals surface area contributed by atoms with Crippen LogP contribution in [0.5, 0.6) is 5.75 Å². The number of aromatic nitrogens is 4. The van der Waals surface area contributed by atoms with Gasteiger partial charge in [-0.3, -0.25) is 4.68 Å². The first-order valence-electron chi connectivity index (χ1n) is 11.5. The van der Waals surface area contributed by atoms with Crippen molar-refractivity contribution in [2.24, 2.45) is 13.0 Å². The molecule has 0 radical (unpaired) electrons. The third kappa shape index (κ3) is 5.35. The van der Waals surface area contributed by atoms with Gasteiger partial charge in [0.2, 0.25) is 0 Å². The molecule has 0 saturated heterocycles. The molecule has 2 aliphatic rings. The number of rotatable bonds is 8. The minimum absolute atomic E-state index is 0.130. The van der Waals surface area contributed by atoms with E-state index in [2.05, 4.69) is 17.0 Å². The van der Waals surface area contributed by atoms with E-state index in [9.17, 15) is 4.79 Å². The number of aryl methyl sites for hydroxylation is 2. The summed E-state index contributed by atoms with van der Waals surface area (Å²) in [6, 6.07) is 0. The summed E-state index contributed by atoms with van der Waals surface area (Å²) in [5.74, 6) is 1.98. The molecule has 0 unspecified atom stereocenters. The van der Waals surface area contributed by atoms with Crippen LogP contribution < -0.4 is 4.74 Å². The van der Waals surface area contributed by atoms with Crippen molar-refractivity contribution in [3.63, 3.8) is 0 Å². The molecular weight excluding hydrogens is 394 g/mol. The van der Waals surface area contributed by atoms with Gasteiger partial charge in [-0.15, -0.1) is 0 Å². The SMILES string of the molecule is CCc1nc(-c2cnn(C)c2COC(=O)N(C)CC2CC2)ncc1OC1CCCCC1. The van der Waals surface area contributed by atoms with Crippen LogP contribution in [0.15, 0.2) is 12.4 Å². The molecule has 168 valence electrons. The number of hydrogen-bond acceptors (Lipinski definition) is 6. The first-order chi connectivity index (χ1) is 15.0. The third-order valence-corrected chi connectivity index (χ3v) is 6.19. The minimum Gasteiger partial charge on any atom is -0.487 e. The highest BCUT2D eigenvalue weighted by atomic mass is 16.6. The van der Waals surface area contributed by atoms with Gasteiger partial charge in [0.1, 0.15) is 6.61 Å². The summed E-state index contributed by atoms with van der Waals surface area (Å²) in [7, 11) is 3.62. The Bertz CT molecular complexity index is 903. The van der Waals surface area contributed by atoms with Crippen LogP contribution in [0, 0.1) is 5.92 Å². The first-order valence-corrected chi connectivity index (χ1v) is 11.5. The molecule has 2 heterocycles. The van der Waals surface area contributed by atoms with Gasteiger partial charge in [0.15, 0.2) is 11.6 Å². The number of amides is 1. The van der Waals surface area contributed by atoms with E-state index in [1.54, 1.807) is 29.0 Å². The van der Waals surface area contributed by atoms with Crippen molar-refractivity contribution in [3.8, 4) is 17.1 Å². The molecule has 0 aliphatic heterocycles. The summed E-state index contributed by atoms with van der Waals surface area (Å²) >= 11 is 0. The second-order valence-electron chi connectivity index (χ2n) is 8.74. The number of carbonyl (C=O) groups is 1. The fourth-order valence-electron chi connectivity index (χ4n) is 4.07. The van der Waals surface area contributed by atoms with Gasteiger partial charge >= 0.3 is 6.09 Å². The Morgan fingerprint density at radius 2 is 1.97 bits per heavy atom. The number of ether oxygens (including phenoxy) is 2. The summed E-state index contributed by atoms with van der Waals surface area (Å²) in [6.45, 7) is 2.95. The van der Waals surface area contributed by atoms with Crippen molar-refractivity contribution in [2.45, 2.75) is 71.0 Å². The second kappa shape index (κ2) is 9.66. The van der Waals surface area contributed by atoms with Gasteiger partial charge in [0, 0.05) is 20.6 Å². The fraction of sp³-hybridized carbons (Fsp3) is 0.652. The van der Waals surface area contributed by atoms with Crippen LogP contribution in [-0.2, 0) is 24.8 Å². The lowest BCUT2D eigenvalue weighted by molar-refractivity contribution is 0.101. The van der Waals surface area contributed by atoms with Crippen LogP contribution in [0.25, 0.3) is 11.4 Å². The van der Waals surface area contributed by atoms with Crippen LogP contribution in [-0.4, -0.2) is 50.4 Å². The van der Waals surface area contributed by atoms with Crippen LogP contribution >= 0.6 is 0 Å². The van der Waals surface area contributed by atoms with Gasteiger partial charge < -0.3 is 14.4 Å². The molecule has 0 spiro atoms. The first kappa shape index (κ1) is 21.6. The minimum atomic E-state index is -0.314. The van der Waals surface area contributed by atoms with Crippen molar-refractivity contribution in [3.05, 3.63) is 23.8 Å². The Kier molecular flexibility index (Phi) is 6.73. The van der Waals surface area contributed by atoms with Gasteiger partial charge in [-0.1, -0.05) is 13.3 Å². The molecule has 8 heteroatoms. The molecule has 1 amide bonds. The van der Waals surface area contributed by atoms with Crippen LogP contribution in [0.1, 0.15) is 63.3 Å². The number of hydrogen-bond donors (Lipinski definition) is 0. The maximum Gasteiger partial charge on any atom is 0.409 e. The molecule has 2 saturated carbocycles. The summed E-state index contributed by atoms with van der Waals surface area (Å²) < 4.78 is 13.5. The Morgan fingerprint density at radius 3 is 2.68 bits per heavy atom. The standard InChI is InChI=1S/C23H33N5O3/c1-4-19-21(31-17-8-6-5-7-9-17)13-24-22(26-19)18-12-25-28(3)20(18)15-30-23(29)27(2)14-16-10-11-16/h12-13,16-17H,4-11,14-15H2,1-3H3. The highest BCUT2D eigenvalue weighted by molar-refractivity contribution is 5.67. The highest BCUT2D eigenvalue weighted by Crippen LogP contribution is 2.30. The topological polar surface area (TPSA) is 82.4 Å². The highest BCUT2D eigenvalue weighted by Gasteiger charge is 2.26. The van der Waals surface area contributed by atoms with E-state index in [-0.39, 0.29) is 18.8 Å². The predicted octanol–water partition coefficient (Wildman–Crippen LogP) is 4.13. The molecule has 0 aromatic carbocycles. The summed E-state index contributed by atoms with van der Waals surface area (Å²) in [6.07, 6.45) is 12.5. The molecule has 0 atom stereocenters. The monoisotopic (exact) mass is 427 g/mol. The molecule has 2 fully saturated rings. The molecule has 0 bridgehead atoms. The average Bonchev–Trinajstić information content (AvgIpc) is 3.53. The van der Waals surface area contributed by atoms with E-state index in [4.69, 9.17) is 14.5 Å². The Labute approximate surface area is 184 Å². The van der Waals surface area contributed by atoms with Crippen LogP contribution in [0.3, 0.4) is 0 Å². The average molecular weight is 428 g/mol. The largest absolute Gasteiger partial charge is 0.487 e. The van der Waals surface area contributed by atoms with E-state index in [0.29, 0.717) is 11.7 Å². The van der Waals surface area contributed by atoms with Gasteiger partial charge in [0.05, 0.1) is 35.4 Å². The van der Waals surface area contributed by atoms with Gasteiger partial charge in [0.25, 0.3) is 0 Å². The van der Waals surface area contributed by atoms with E-state index in [1.165, 1.54) is 32.1 Å². The van der Waals surface area contributed by atoms with E-state index in [0.717, 1.165) is 48.5 Å². The molecule has 0 N–H and O–H groups in total. The Balaban J connectivity index is 1.46. The predicted molar refractivity (Wildman–Crippen MR) is 117 cm³/mol. The zero-order valence-corrected chi connectivity index (χ0v) is 18.8. The summed E-state index contributed by atoms with van der Waals surface area (Å²) in [5, 5.41) is 4.35. The maximum atomic E-state index is 12.3. The zero-order valence-electron chi connectivity index (χ0n) is 18.8. The maximum absolute atomic E-state index is 12.3. The fourth-order valence-corrected chi connectivity index (χ4v) is 4.07. The van der Waals surface area contributed by atoms with Crippen molar-refractivity contribution in [1.82, 2.24) is 24.6 Å². The molecule has 2 aromatic heterocycles. The van der Waals surface area contributed by atoms with Crippen molar-refractivity contribution < 1.29 is 14.3 Å². The third-order valence-electron chi connectivity index (χ3n) is 6.19. The van der Waals surface area contributed by atoms with Crippen molar-refractivity contribution >= 4 is 6.09 Å². The number of carbonyl (C=O) groups excluding carboxylic acids is 1. The number of nitrogens with zero attached hydrogens (tertiary/aromatic N) is 5. The molecule has 4 rings (SSSR count). The smallest absolute Gasteiger partial charge is 0.409 e. The summed E-state index contributed by atoms with van der Waals surface area (Å²) in [5.41, 5.74) is 2.45. The Hall–Kier alpha value is -2.64. The van der Waals surface area contributed by atoms with E-state index >= 15 is 0 Å². The normalized spacial score (nSPS) is 16.9. The van der Waals surface area contributed by atoms with Gasteiger partial charge in [-0.25, -0.2) is 14.8 Å². The molecule has 2 aromatic rings. The molecule has 31 heavy (non-hydrogen) atoms. The zero-order chi connectivity index (χ0) is 21.8. The summed E-state index contributed by atoms with van der Waals surface area (Å²) in [4.78, 5) is 23.3. The van der Waals surface area contributed by atoms with E-state index < -0.39 is 0 Å². The quantitative estimate of drug-likeness (QED) is 0.630. The lowest BCUT2D eigenvalue weighted by Crippen LogP contribution is -2.29. The second-order valence-corrected chi connectivity index (χ2v) is 8.74. The molecule has 2 aliphatic carbocycles. The van der Waals surface area contributed by atoms with Crippen LogP contribution in [0.2, 0.25) is 0 Å². The lowest BCUT2D eigenvalue weighted by Gasteiger charge is -2.23. The van der Waals surface area contributed by atoms with Crippen LogP contribution in [0.4, 0.5) is 4.79 Å². The van der Waals surface area contributed by atoms with E-state index in [1.807, 2.05) is 7.05 Å². The van der Waals surface area contributed by atoms with Gasteiger partial charge in [-0.05, 0) is 50.9 Å². The van der Waals surface area contributed by atoms with Gasteiger partial charge in [-0.2, -0.15) is 5.10 Å². The Morgan fingerprint density at radius 1 is 1.19 bits per heavy atom. The lowest BCUT2D eigenvalue weighted by atomic mass is 9.98. The van der Waals surface area contributed by atoms with Crippen molar-refractivity contribution in [1.29, 1.82) is 0 Å².